The number of aromatic nitrogens is 1. The predicted molar refractivity (Wildman–Crippen MR) is 141 cm³/mol. The van der Waals surface area contributed by atoms with Gasteiger partial charge in [0, 0.05) is 16.5 Å². The van der Waals surface area contributed by atoms with Crippen LogP contribution in [-0.2, 0) is 23.1 Å². The molecule has 6 rings (SSSR count). The summed E-state index contributed by atoms with van der Waals surface area (Å²) in [5, 5.41) is 26.8. The Labute approximate surface area is 216 Å². The number of fused-ring (bicyclic) bond motifs is 1. The lowest BCUT2D eigenvalue weighted by Gasteiger charge is -2.18. The summed E-state index contributed by atoms with van der Waals surface area (Å²) >= 11 is 0. The SMILES string of the molecule is Cc1noc(-c2ccc(-c3ccc(C4(C(O)O)CC4)cc3)cc2)c1CC(=O)N[C@H]1CCc2ccccc21. The number of carbonyl (C=O) groups is 1. The molecule has 0 spiro atoms. The van der Waals surface area contributed by atoms with Gasteiger partial charge in [0.2, 0.25) is 5.91 Å². The number of aliphatic hydroxyl groups excluding tert-OH is 1. The molecule has 1 saturated carbocycles. The molecule has 4 aromatic rings. The van der Waals surface area contributed by atoms with Crippen molar-refractivity contribution < 1.29 is 19.5 Å². The minimum atomic E-state index is -1.33. The molecule has 188 valence electrons. The van der Waals surface area contributed by atoms with Crippen LogP contribution in [0.25, 0.3) is 22.5 Å². The summed E-state index contributed by atoms with van der Waals surface area (Å²) in [5.41, 5.74) is 7.46. The van der Waals surface area contributed by atoms with E-state index in [-0.39, 0.29) is 18.4 Å². The molecule has 6 nitrogen and oxygen atoms in total. The van der Waals surface area contributed by atoms with Gasteiger partial charge in [-0.05, 0) is 60.4 Å². The highest BCUT2D eigenvalue weighted by Crippen LogP contribution is 2.50. The molecule has 3 N–H and O–H groups in total. The van der Waals surface area contributed by atoms with Crippen LogP contribution in [0.3, 0.4) is 0 Å². The van der Waals surface area contributed by atoms with Crippen LogP contribution in [0, 0.1) is 6.92 Å². The molecule has 2 aliphatic rings. The third-order valence-electron chi connectivity index (χ3n) is 8.01. The highest BCUT2D eigenvalue weighted by molar-refractivity contribution is 5.82. The number of aliphatic hydroxyl groups is 2. The fraction of sp³-hybridized carbons (Fsp3) is 0.290. The van der Waals surface area contributed by atoms with Crippen LogP contribution in [0.15, 0.2) is 77.3 Å². The Morgan fingerprint density at radius 3 is 2.32 bits per heavy atom. The number of amides is 1. The molecule has 37 heavy (non-hydrogen) atoms. The number of aryl methyl sites for hydroxylation is 2. The van der Waals surface area contributed by atoms with E-state index in [1.165, 1.54) is 11.1 Å². The molecular formula is C31H30N2O4. The fourth-order valence-electron chi connectivity index (χ4n) is 5.58. The van der Waals surface area contributed by atoms with Crippen molar-refractivity contribution in [3.8, 4) is 22.5 Å². The van der Waals surface area contributed by atoms with Gasteiger partial charge in [-0.3, -0.25) is 4.79 Å². The molecule has 2 aliphatic carbocycles. The van der Waals surface area contributed by atoms with Gasteiger partial charge in [0.15, 0.2) is 12.1 Å². The van der Waals surface area contributed by atoms with Gasteiger partial charge in [-0.1, -0.05) is 78.0 Å². The van der Waals surface area contributed by atoms with Crippen LogP contribution in [0.2, 0.25) is 0 Å². The van der Waals surface area contributed by atoms with Crippen molar-refractivity contribution in [1.29, 1.82) is 0 Å². The summed E-state index contributed by atoms with van der Waals surface area (Å²) < 4.78 is 5.66. The van der Waals surface area contributed by atoms with E-state index in [1.54, 1.807) is 0 Å². The smallest absolute Gasteiger partial charge is 0.225 e. The van der Waals surface area contributed by atoms with Gasteiger partial charge in [-0.2, -0.15) is 0 Å². The number of benzene rings is 3. The Hall–Kier alpha value is -3.74. The minimum Gasteiger partial charge on any atom is -0.367 e. The molecule has 0 unspecified atom stereocenters. The zero-order valence-electron chi connectivity index (χ0n) is 20.8. The van der Waals surface area contributed by atoms with Gasteiger partial charge in [-0.25, -0.2) is 0 Å². The van der Waals surface area contributed by atoms with Gasteiger partial charge in [0.1, 0.15) is 0 Å². The molecule has 0 bridgehead atoms. The molecule has 1 fully saturated rings. The quantitative estimate of drug-likeness (QED) is 0.314. The highest BCUT2D eigenvalue weighted by Gasteiger charge is 2.50. The van der Waals surface area contributed by atoms with Gasteiger partial charge >= 0.3 is 0 Å². The Morgan fingerprint density at radius 1 is 1.00 bits per heavy atom. The van der Waals surface area contributed by atoms with Crippen molar-refractivity contribution in [1.82, 2.24) is 10.5 Å². The van der Waals surface area contributed by atoms with Crippen LogP contribution >= 0.6 is 0 Å². The number of nitrogens with one attached hydrogen (secondary N) is 1. The molecular weight excluding hydrogens is 464 g/mol. The van der Waals surface area contributed by atoms with Crippen molar-refractivity contribution in [2.75, 3.05) is 0 Å². The average Bonchev–Trinajstić information content (AvgIpc) is 3.54. The summed E-state index contributed by atoms with van der Waals surface area (Å²) in [4.78, 5) is 13.0. The van der Waals surface area contributed by atoms with Crippen LogP contribution in [0.5, 0.6) is 0 Å². The van der Waals surface area contributed by atoms with Crippen molar-refractivity contribution in [2.45, 2.75) is 56.8 Å². The lowest BCUT2D eigenvalue weighted by atomic mass is 9.93. The second-order valence-corrected chi connectivity index (χ2v) is 10.3. The number of nitrogens with zero attached hydrogens (tertiary/aromatic N) is 1. The second-order valence-electron chi connectivity index (χ2n) is 10.3. The zero-order chi connectivity index (χ0) is 25.6. The number of hydrogen-bond donors (Lipinski definition) is 3. The van der Waals surface area contributed by atoms with Crippen LogP contribution < -0.4 is 5.32 Å². The summed E-state index contributed by atoms with van der Waals surface area (Å²) in [7, 11) is 0. The van der Waals surface area contributed by atoms with E-state index in [0.29, 0.717) is 5.76 Å². The number of carbonyl (C=O) groups excluding carboxylic acids is 1. The first-order chi connectivity index (χ1) is 17.9. The van der Waals surface area contributed by atoms with E-state index in [9.17, 15) is 15.0 Å². The summed E-state index contributed by atoms with van der Waals surface area (Å²) in [6.07, 6.45) is 2.38. The van der Waals surface area contributed by atoms with Crippen LogP contribution in [-0.4, -0.2) is 27.6 Å². The Kier molecular flexibility index (Phi) is 5.94. The molecule has 6 heteroatoms. The Balaban J connectivity index is 1.17. The normalized spacial score (nSPS) is 17.6. The molecule has 1 aromatic heterocycles. The molecule has 0 saturated heterocycles. The maximum absolute atomic E-state index is 13.0. The van der Waals surface area contributed by atoms with Crippen LogP contribution in [0.1, 0.15) is 53.3 Å². The molecule has 3 aromatic carbocycles. The average molecular weight is 495 g/mol. The fourth-order valence-corrected chi connectivity index (χ4v) is 5.58. The lowest BCUT2D eigenvalue weighted by molar-refractivity contribution is -0.121. The third kappa shape index (κ3) is 4.37. The molecule has 1 heterocycles. The molecule has 1 atom stereocenters. The first kappa shape index (κ1) is 23.6. The van der Waals surface area contributed by atoms with Gasteiger partial charge in [0.25, 0.3) is 0 Å². The highest BCUT2D eigenvalue weighted by atomic mass is 16.5. The predicted octanol–water partition coefficient (Wildman–Crippen LogP) is 5.01. The van der Waals surface area contributed by atoms with Crippen molar-refractivity contribution in [3.05, 3.63) is 101 Å². The van der Waals surface area contributed by atoms with Crippen LogP contribution in [0.4, 0.5) is 0 Å². The summed E-state index contributed by atoms with van der Waals surface area (Å²) in [6.45, 7) is 1.87. The van der Waals surface area contributed by atoms with Crippen molar-refractivity contribution >= 4 is 5.91 Å². The van der Waals surface area contributed by atoms with Crippen molar-refractivity contribution in [2.24, 2.45) is 0 Å². The zero-order valence-corrected chi connectivity index (χ0v) is 20.8. The van der Waals surface area contributed by atoms with E-state index in [0.717, 1.165) is 59.2 Å². The topological polar surface area (TPSA) is 95.6 Å². The molecule has 1 amide bonds. The first-order valence-corrected chi connectivity index (χ1v) is 12.8. The standard InChI is InChI=1S/C31H30N2O4/c1-19-26(18-28(34)32-27-15-12-22-4-2-3-5-25(22)27)29(37-33-19)23-8-6-20(7-9-23)21-10-13-24(14-11-21)31(16-17-31)30(35)36/h2-11,13-14,27,30,35-36H,12,15-18H2,1H3,(H,32,34)/t27-/m0/s1. The number of hydrogen-bond acceptors (Lipinski definition) is 5. The molecule has 0 radical (unpaired) electrons. The maximum Gasteiger partial charge on any atom is 0.225 e. The minimum absolute atomic E-state index is 0.0348. The van der Waals surface area contributed by atoms with E-state index in [1.807, 2.05) is 67.6 Å². The lowest BCUT2D eigenvalue weighted by Crippen LogP contribution is -2.28. The molecule has 0 aliphatic heterocycles. The van der Waals surface area contributed by atoms with E-state index in [4.69, 9.17) is 4.52 Å². The second kappa shape index (κ2) is 9.29. The summed E-state index contributed by atoms with van der Waals surface area (Å²) in [6, 6.07) is 24.3. The maximum atomic E-state index is 13.0. The third-order valence-corrected chi connectivity index (χ3v) is 8.01. The largest absolute Gasteiger partial charge is 0.367 e. The van der Waals surface area contributed by atoms with E-state index in [2.05, 4.69) is 22.6 Å². The summed E-state index contributed by atoms with van der Waals surface area (Å²) in [5.74, 6) is 0.585. The van der Waals surface area contributed by atoms with E-state index < -0.39 is 11.7 Å². The number of rotatable bonds is 7. The van der Waals surface area contributed by atoms with E-state index >= 15 is 0 Å². The Bertz CT molecular complexity index is 1430. The van der Waals surface area contributed by atoms with Gasteiger partial charge in [-0.15, -0.1) is 0 Å². The Morgan fingerprint density at radius 2 is 1.65 bits per heavy atom. The van der Waals surface area contributed by atoms with Gasteiger partial charge in [0.05, 0.1) is 18.2 Å². The monoisotopic (exact) mass is 494 g/mol. The first-order valence-electron chi connectivity index (χ1n) is 12.8. The van der Waals surface area contributed by atoms with Crippen molar-refractivity contribution in [3.63, 3.8) is 0 Å². The van der Waals surface area contributed by atoms with Gasteiger partial charge < -0.3 is 20.1 Å².